The fourth-order valence-electron chi connectivity index (χ4n) is 12.5. The highest BCUT2D eigenvalue weighted by Gasteiger charge is 2.43. The van der Waals surface area contributed by atoms with E-state index in [9.17, 15) is 28.6 Å². The predicted octanol–water partition coefficient (Wildman–Crippen LogP) is 17.8. The van der Waals surface area contributed by atoms with Gasteiger partial charge < -0.3 is 43.7 Å². The highest BCUT2D eigenvalue weighted by Crippen LogP contribution is 2.48. The van der Waals surface area contributed by atoms with E-state index in [1.807, 2.05) is 0 Å². The monoisotopic (exact) mass is 1270 g/mol. The van der Waals surface area contributed by atoms with E-state index in [0.29, 0.717) is 25.7 Å². The molecule has 4 rings (SSSR count). The first-order chi connectivity index (χ1) is 43.5. The number of hydrogen-bond donors (Lipinski definition) is 2. The number of carbonyl (C=O) groups excluding carboxylic acids is 4. The maximum Gasteiger partial charge on any atom is 0.407 e. The van der Waals surface area contributed by atoms with E-state index in [4.69, 9.17) is 23.3 Å². The van der Waals surface area contributed by atoms with Crippen molar-refractivity contribution in [3.05, 3.63) is 83.6 Å². The number of rotatable bonds is 53. The Labute approximate surface area is 544 Å². The molecular formula is C74H121N4O11P. The van der Waals surface area contributed by atoms with Crippen LogP contribution in [0.4, 0.5) is 16.2 Å². The van der Waals surface area contributed by atoms with Gasteiger partial charge in [0, 0.05) is 66.9 Å². The first-order valence-electron chi connectivity index (χ1n) is 35.6. The standard InChI is InChI=1S/C74H121N4O11P/c1-8-10-12-14-16-18-20-22-24-26-28-30-32-34-38-53-70(80)86-60-62(89-71(81)54-39-35-33-31-29-27-25-23-21-19-17-15-13-11-9-2)61-88-90(83,84)87-59-56-76-72(82)85-58-55-75-69(79)52-37-36-44-57-78-66-49-43-41-47-64(66)74(5,6)68(78)51-45-50-67-73(3,4)63-46-40-42-48-65(63)77(67)7/h40-43,45-51,62H,8-39,44,52-61H2,1-7H3,(H2-,75,76,79,82,83,84)/t62-/m1/s1. The van der Waals surface area contributed by atoms with Gasteiger partial charge in [0.25, 0.3) is 7.82 Å². The fraction of sp³-hybridized carbons (Fsp3) is 0.716. The van der Waals surface area contributed by atoms with Crippen LogP contribution in [0, 0.1) is 0 Å². The number of benzene rings is 2. The van der Waals surface area contributed by atoms with Crippen molar-refractivity contribution in [2.24, 2.45) is 0 Å². The number of esters is 2. The van der Waals surface area contributed by atoms with E-state index in [-0.39, 0.29) is 55.9 Å². The van der Waals surface area contributed by atoms with E-state index in [1.165, 1.54) is 175 Å². The van der Waals surface area contributed by atoms with E-state index >= 15 is 0 Å². The first-order valence-corrected chi connectivity index (χ1v) is 37.1. The average Bonchev–Trinajstić information content (AvgIpc) is 1.62. The first kappa shape index (κ1) is 77.6. The van der Waals surface area contributed by atoms with Gasteiger partial charge in [-0.3, -0.25) is 18.9 Å². The summed E-state index contributed by atoms with van der Waals surface area (Å²) in [7, 11) is -2.79. The molecule has 2 atom stereocenters. The zero-order valence-electron chi connectivity index (χ0n) is 57.2. The number of unbranched alkanes of at least 4 members (excludes halogenated alkanes) is 30. The summed E-state index contributed by atoms with van der Waals surface area (Å²) in [5.41, 5.74) is 7.26. The molecule has 2 aromatic rings. The molecule has 1 unspecified atom stereocenters. The minimum absolute atomic E-state index is 0.0845. The second-order valence-corrected chi connectivity index (χ2v) is 27.7. The number of phosphoric ester groups is 1. The molecule has 2 aliphatic heterocycles. The van der Waals surface area contributed by atoms with Gasteiger partial charge in [-0.05, 0) is 57.2 Å². The van der Waals surface area contributed by atoms with Crippen molar-refractivity contribution in [2.75, 3.05) is 58.0 Å². The number of ether oxygens (including phenoxy) is 3. The summed E-state index contributed by atoms with van der Waals surface area (Å²) in [5, 5.41) is 5.23. The molecule has 2 heterocycles. The molecule has 0 aliphatic carbocycles. The Morgan fingerprint density at radius 1 is 0.556 bits per heavy atom. The van der Waals surface area contributed by atoms with Gasteiger partial charge in [0.1, 0.15) is 20.3 Å². The van der Waals surface area contributed by atoms with E-state index in [1.54, 1.807) is 0 Å². The summed E-state index contributed by atoms with van der Waals surface area (Å²) in [6.45, 7) is 12.8. The second-order valence-electron chi connectivity index (χ2n) is 26.3. The Morgan fingerprint density at radius 2 is 1.03 bits per heavy atom. The molecule has 2 aromatic carbocycles. The van der Waals surface area contributed by atoms with Gasteiger partial charge in [-0.25, -0.2) is 4.79 Å². The third kappa shape index (κ3) is 30.7. The Hall–Kier alpha value is -4.82. The molecule has 2 N–H and O–H groups in total. The lowest BCUT2D eigenvalue weighted by molar-refractivity contribution is -0.401. The number of para-hydroxylation sites is 2. The van der Waals surface area contributed by atoms with Crippen LogP contribution < -0.4 is 20.4 Å². The van der Waals surface area contributed by atoms with Gasteiger partial charge in [0.2, 0.25) is 11.6 Å². The van der Waals surface area contributed by atoms with Crippen molar-refractivity contribution in [2.45, 2.75) is 290 Å². The van der Waals surface area contributed by atoms with Gasteiger partial charge in [-0.1, -0.05) is 256 Å². The van der Waals surface area contributed by atoms with Gasteiger partial charge in [-0.15, -0.1) is 0 Å². The molecule has 15 nitrogen and oxygen atoms in total. The number of alkyl carbamates (subject to hydrolysis) is 1. The zero-order valence-corrected chi connectivity index (χ0v) is 58.1. The normalized spacial score (nSPS) is 15.5. The van der Waals surface area contributed by atoms with Gasteiger partial charge in [-0.2, -0.15) is 4.58 Å². The van der Waals surface area contributed by atoms with Crippen molar-refractivity contribution >= 4 is 48.8 Å². The maximum atomic E-state index is 13.0. The summed E-state index contributed by atoms with van der Waals surface area (Å²) in [6.07, 6.45) is 44.2. The van der Waals surface area contributed by atoms with Crippen LogP contribution in [0.2, 0.25) is 0 Å². The summed E-state index contributed by atoms with van der Waals surface area (Å²) < 4.78 is 41.4. The minimum Gasteiger partial charge on any atom is -0.756 e. The van der Waals surface area contributed by atoms with E-state index < -0.39 is 45.2 Å². The highest BCUT2D eigenvalue weighted by atomic mass is 31.2. The number of amides is 2. The lowest BCUT2D eigenvalue weighted by atomic mass is 9.81. The number of phosphoric acid groups is 1. The summed E-state index contributed by atoms with van der Waals surface area (Å²) >= 11 is 0. The number of carbonyl (C=O) groups is 4. The number of hydrogen-bond acceptors (Lipinski definition) is 12. The highest BCUT2D eigenvalue weighted by molar-refractivity contribution is 7.45. The van der Waals surface area contributed by atoms with E-state index in [0.717, 1.165) is 57.9 Å². The molecule has 0 radical (unpaired) electrons. The van der Waals surface area contributed by atoms with Crippen molar-refractivity contribution < 1.29 is 56.5 Å². The van der Waals surface area contributed by atoms with Crippen LogP contribution in [-0.4, -0.2) is 93.4 Å². The van der Waals surface area contributed by atoms with Crippen LogP contribution in [0.15, 0.2) is 72.5 Å². The molecule has 0 saturated carbocycles. The number of allylic oxidation sites excluding steroid dienone is 4. The van der Waals surface area contributed by atoms with Crippen LogP contribution in [0.5, 0.6) is 0 Å². The lowest BCUT2D eigenvalue weighted by Gasteiger charge is -2.27. The quantitative estimate of drug-likeness (QED) is 0.0210. The van der Waals surface area contributed by atoms with Gasteiger partial charge in [0.15, 0.2) is 11.8 Å². The molecule has 0 fully saturated rings. The van der Waals surface area contributed by atoms with Crippen LogP contribution in [0.25, 0.3) is 0 Å². The van der Waals surface area contributed by atoms with Gasteiger partial charge >= 0.3 is 18.0 Å². The Morgan fingerprint density at radius 3 is 1.59 bits per heavy atom. The van der Waals surface area contributed by atoms with Gasteiger partial charge in [0.05, 0.1) is 25.2 Å². The number of fused-ring (bicyclic) bond motifs is 2. The zero-order chi connectivity index (χ0) is 65.1. The molecule has 0 spiro atoms. The molecule has 2 aliphatic rings. The number of nitrogens with zero attached hydrogens (tertiary/aromatic N) is 2. The van der Waals surface area contributed by atoms with Crippen LogP contribution in [0.1, 0.15) is 284 Å². The molecule has 508 valence electrons. The average molecular weight is 1270 g/mol. The SMILES string of the molecule is CCCCCCCCCCCCCCCCCC(=O)OC[C@H](COP(=O)([O-])OCCNC(=O)OCCNC(=O)CCCCCN1/C(=C/C=C/C2=[N+](C)c3ccccc3C2(C)C)C(C)(C)c2ccccc21)OC(=O)CCCCCCCCCCCCCCCCC. The number of nitrogens with one attached hydrogen (secondary N) is 2. The molecule has 0 bridgehead atoms. The topological polar surface area (TPSA) is 185 Å². The van der Waals surface area contributed by atoms with Crippen LogP contribution in [-0.2, 0) is 53.0 Å². The predicted molar refractivity (Wildman–Crippen MR) is 365 cm³/mol. The minimum atomic E-state index is -4.93. The fourth-order valence-corrected chi connectivity index (χ4v) is 13.3. The lowest BCUT2D eigenvalue weighted by Crippen LogP contribution is -2.32. The Bertz CT molecular complexity index is 2510. The molecule has 0 aromatic heterocycles. The van der Waals surface area contributed by atoms with Crippen LogP contribution >= 0.6 is 7.82 Å². The summed E-state index contributed by atoms with van der Waals surface area (Å²) in [6, 6.07) is 17.2. The molecule has 0 saturated heterocycles. The maximum absolute atomic E-state index is 13.0. The van der Waals surface area contributed by atoms with Crippen molar-refractivity contribution in [3.8, 4) is 0 Å². The molecule has 90 heavy (non-hydrogen) atoms. The summed E-state index contributed by atoms with van der Waals surface area (Å²) in [5.74, 6) is -1.10. The summed E-state index contributed by atoms with van der Waals surface area (Å²) in [4.78, 5) is 66.0. The van der Waals surface area contributed by atoms with Crippen molar-refractivity contribution in [1.29, 1.82) is 0 Å². The molecule has 2 amide bonds. The van der Waals surface area contributed by atoms with Crippen molar-refractivity contribution in [1.82, 2.24) is 10.6 Å². The number of anilines is 1. The third-order valence-electron chi connectivity index (χ3n) is 17.9. The van der Waals surface area contributed by atoms with Crippen LogP contribution in [0.3, 0.4) is 0 Å². The molecule has 16 heteroatoms. The van der Waals surface area contributed by atoms with Crippen molar-refractivity contribution in [3.63, 3.8) is 0 Å². The smallest absolute Gasteiger partial charge is 0.407 e. The third-order valence-corrected chi connectivity index (χ3v) is 18.9. The van der Waals surface area contributed by atoms with E-state index in [2.05, 4.69) is 135 Å². The largest absolute Gasteiger partial charge is 0.756 e. The Kier molecular flexibility index (Phi) is 39.2. The molecular weight excluding hydrogens is 1150 g/mol. The Balaban J connectivity index is 1.09. The second kappa shape index (κ2) is 45.5.